The molecule has 0 unspecified atom stereocenters. The number of piperidine rings is 1. The van der Waals surface area contributed by atoms with Gasteiger partial charge in [0.05, 0.1) is 5.69 Å². The first-order valence-corrected chi connectivity index (χ1v) is 10.4. The van der Waals surface area contributed by atoms with E-state index in [2.05, 4.69) is 31.0 Å². The van der Waals surface area contributed by atoms with Crippen LogP contribution in [0.2, 0.25) is 0 Å². The number of benzene rings is 1. The topological polar surface area (TPSA) is 61.9 Å². The third kappa shape index (κ3) is 5.25. The molecule has 0 atom stereocenters. The minimum absolute atomic E-state index is 0.0237. The number of amides is 2. The molecule has 1 N–H and O–H groups in total. The molecule has 6 nitrogen and oxygen atoms in total. The molecular weight excluding hydrogens is 354 g/mol. The second-order valence-corrected chi connectivity index (χ2v) is 8.81. The zero-order chi connectivity index (χ0) is 20.1. The monoisotopic (exact) mass is 387 g/mol. The van der Waals surface area contributed by atoms with Crippen LogP contribution in [0.4, 0.5) is 5.69 Å². The van der Waals surface area contributed by atoms with Crippen LogP contribution in [0.25, 0.3) is 0 Å². The van der Waals surface area contributed by atoms with E-state index in [0.717, 1.165) is 18.5 Å². The standard InChI is InChI=1S/C22H33N3O3/c1-22(2,3)17-8-9-19-18(14-17)25(21(27)16-28-19)15-20(26)23-10-7-13-24-11-5-4-6-12-24/h8-9,14H,4-7,10-13,15-16H2,1-3H3,(H,23,26). The molecule has 0 radical (unpaired) electrons. The van der Waals surface area contributed by atoms with Crippen LogP contribution in [-0.4, -0.2) is 56.0 Å². The Balaban J connectivity index is 1.56. The zero-order valence-electron chi connectivity index (χ0n) is 17.4. The van der Waals surface area contributed by atoms with Crippen LogP contribution in [0.15, 0.2) is 18.2 Å². The van der Waals surface area contributed by atoms with E-state index in [9.17, 15) is 9.59 Å². The Morgan fingerprint density at radius 1 is 1.18 bits per heavy atom. The van der Waals surface area contributed by atoms with Crippen LogP contribution in [0.5, 0.6) is 5.75 Å². The summed E-state index contributed by atoms with van der Waals surface area (Å²) in [4.78, 5) is 28.9. The van der Waals surface area contributed by atoms with Crippen molar-refractivity contribution in [3.05, 3.63) is 23.8 Å². The molecule has 1 fully saturated rings. The maximum absolute atomic E-state index is 12.4. The first kappa shape index (κ1) is 20.6. The predicted octanol–water partition coefficient (Wildman–Crippen LogP) is 2.70. The molecule has 2 amide bonds. The van der Waals surface area contributed by atoms with E-state index in [1.165, 1.54) is 32.4 Å². The zero-order valence-corrected chi connectivity index (χ0v) is 17.4. The Labute approximate surface area is 168 Å². The highest BCUT2D eigenvalue weighted by Crippen LogP contribution is 2.36. The normalized spacial score (nSPS) is 17.8. The second kappa shape index (κ2) is 8.95. The molecule has 0 aromatic heterocycles. The fourth-order valence-electron chi connectivity index (χ4n) is 3.75. The van der Waals surface area contributed by atoms with Gasteiger partial charge < -0.3 is 15.0 Å². The van der Waals surface area contributed by atoms with Gasteiger partial charge in [-0.15, -0.1) is 0 Å². The Morgan fingerprint density at radius 2 is 1.93 bits per heavy atom. The van der Waals surface area contributed by atoms with Gasteiger partial charge in [-0.3, -0.25) is 14.5 Å². The lowest BCUT2D eigenvalue weighted by Gasteiger charge is -2.31. The fourth-order valence-corrected chi connectivity index (χ4v) is 3.75. The molecule has 1 aromatic carbocycles. The molecule has 0 saturated carbocycles. The number of nitrogens with zero attached hydrogens (tertiary/aromatic N) is 2. The van der Waals surface area contributed by atoms with Crippen LogP contribution in [0.1, 0.15) is 52.0 Å². The number of likely N-dealkylation sites (tertiary alicyclic amines) is 1. The summed E-state index contributed by atoms with van der Waals surface area (Å²) in [5, 5.41) is 2.97. The predicted molar refractivity (Wildman–Crippen MR) is 111 cm³/mol. The van der Waals surface area contributed by atoms with Gasteiger partial charge in [-0.05, 0) is 62.0 Å². The highest BCUT2D eigenvalue weighted by atomic mass is 16.5. The van der Waals surface area contributed by atoms with Crippen LogP contribution < -0.4 is 15.0 Å². The third-order valence-corrected chi connectivity index (χ3v) is 5.49. The lowest BCUT2D eigenvalue weighted by Crippen LogP contribution is -2.45. The van der Waals surface area contributed by atoms with Gasteiger partial charge in [0.15, 0.2) is 6.61 Å². The van der Waals surface area contributed by atoms with Crippen molar-refractivity contribution in [3.8, 4) is 5.75 Å². The van der Waals surface area contributed by atoms with Crippen molar-refractivity contribution in [2.75, 3.05) is 44.2 Å². The Hall–Kier alpha value is -2.08. The first-order chi connectivity index (χ1) is 13.3. The average Bonchev–Trinajstić information content (AvgIpc) is 2.67. The smallest absolute Gasteiger partial charge is 0.265 e. The van der Waals surface area contributed by atoms with Crippen molar-refractivity contribution in [1.29, 1.82) is 0 Å². The quantitative estimate of drug-likeness (QED) is 0.763. The number of rotatable bonds is 6. The van der Waals surface area contributed by atoms with E-state index in [-0.39, 0.29) is 30.4 Å². The molecule has 1 saturated heterocycles. The largest absolute Gasteiger partial charge is 0.482 e. The number of hydrogen-bond donors (Lipinski definition) is 1. The Kier molecular flexibility index (Phi) is 6.60. The molecule has 2 aliphatic rings. The number of nitrogens with one attached hydrogen (secondary N) is 1. The maximum Gasteiger partial charge on any atom is 0.265 e. The lowest BCUT2D eigenvalue weighted by atomic mass is 9.86. The number of carbonyl (C=O) groups is 2. The van der Waals surface area contributed by atoms with Gasteiger partial charge in [0.2, 0.25) is 5.91 Å². The Morgan fingerprint density at radius 3 is 2.64 bits per heavy atom. The number of carbonyl (C=O) groups excluding carboxylic acids is 2. The minimum Gasteiger partial charge on any atom is -0.482 e. The lowest BCUT2D eigenvalue weighted by molar-refractivity contribution is -0.125. The van der Waals surface area contributed by atoms with E-state index < -0.39 is 0 Å². The number of hydrogen-bond acceptors (Lipinski definition) is 4. The van der Waals surface area contributed by atoms with Crippen LogP contribution >= 0.6 is 0 Å². The van der Waals surface area contributed by atoms with Gasteiger partial charge in [-0.2, -0.15) is 0 Å². The first-order valence-electron chi connectivity index (χ1n) is 10.4. The van der Waals surface area contributed by atoms with Crippen molar-refractivity contribution < 1.29 is 14.3 Å². The van der Waals surface area contributed by atoms with Gasteiger partial charge in [0.25, 0.3) is 5.91 Å². The van der Waals surface area contributed by atoms with Crippen molar-refractivity contribution in [2.24, 2.45) is 0 Å². The summed E-state index contributed by atoms with van der Waals surface area (Å²) in [6.07, 6.45) is 4.83. The van der Waals surface area contributed by atoms with Crippen molar-refractivity contribution in [1.82, 2.24) is 10.2 Å². The highest BCUT2D eigenvalue weighted by Gasteiger charge is 2.29. The van der Waals surface area contributed by atoms with E-state index in [0.29, 0.717) is 18.0 Å². The molecule has 0 aliphatic carbocycles. The van der Waals surface area contributed by atoms with Crippen LogP contribution in [0.3, 0.4) is 0 Å². The summed E-state index contributed by atoms with van der Waals surface area (Å²) < 4.78 is 5.55. The van der Waals surface area contributed by atoms with Gasteiger partial charge in [-0.1, -0.05) is 33.3 Å². The van der Waals surface area contributed by atoms with Crippen LogP contribution in [-0.2, 0) is 15.0 Å². The molecule has 6 heteroatoms. The summed E-state index contributed by atoms with van der Waals surface area (Å²) in [5.41, 5.74) is 1.75. The molecule has 28 heavy (non-hydrogen) atoms. The summed E-state index contributed by atoms with van der Waals surface area (Å²) in [6.45, 7) is 10.4. The van der Waals surface area contributed by atoms with Crippen molar-refractivity contribution >= 4 is 17.5 Å². The van der Waals surface area contributed by atoms with Crippen molar-refractivity contribution in [2.45, 2.75) is 51.9 Å². The van der Waals surface area contributed by atoms with E-state index in [4.69, 9.17) is 4.74 Å². The summed E-state index contributed by atoms with van der Waals surface area (Å²) in [6, 6.07) is 5.88. The van der Waals surface area contributed by atoms with E-state index in [1.807, 2.05) is 18.2 Å². The number of fused-ring (bicyclic) bond motifs is 1. The molecule has 0 spiro atoms. The minimum atomic E-state index is -0.179. The highest BCUT2D eigenvalue weighted by molar-refractivity contribution is 6.02. The molecule has 154 valence electrons. The summed E-state index contributed by atoms with van der Waals surface area (Å²) in [7, 11) is 0. The van der Waals surface area contributed by atoms with Gasteiger partial charge in [0, 0.05) is 6.54 Å². The van der Waals surface area contributed by atoms with E-state index in [1.54, 1.807) is 4.90 Å². The Bertz CT molecular complexity index is 705. The molecule has 2 aliphatic heterocycles. The average molecular weight is 388 g/mol. The fraction of sp³-hybridized carbons (Fsp3) is 0.636. The molecule has 0 bridgehead atoms. The molecule has 3 rings (SSSR count). The number of ether oxygens (including phenoxy) is 1. The molecule has 2 heterocycles. The van der Waals surface area contributed by atoms with Gasteiger partial charge >= 0.3 is 0 Å². The van der Waals surface area contributed by atoms with Gasteiger partial charge in [-0.25, -0.2) is 0 Å². The summed E-state index contributed by atoms with van der Waals surface area (Å²) in [5.74, 6) is 0.355. The molecular formula is C22H33N3O3. The van der Waals surface area contributed by atoms with Crippen molar-refractivity contribution in [3.63, 3.8) is 0 Å². The maximum atomic E-state index is 12.4. The SMILES string of the molecule is CC(C)(C)c1ccc2c(c1)N(CC(=O)NCCCN1CCCCC1)C(=O)CO2. The third-order valence-electron chi connectivity index (χ3n) is 5.49. The van der Waals surface area contributed by atoms with Gasteiger partial charge in [0.1, 0.15) is 12.3 Å². The summed E-state index contributed by atoms with van der Waals surface area (Å²) >= 11 is 0. The van der Waals surface area contributed by atoms with E-state index >= 15 is 0 Å². The van der Waals surface area contributed by atoms with Crippen LogP contribution in [0, 0.1) is 0 Å². The number of anilines is 1. The molecule has 1 aromatic rings. The second-order valence-electron chi connectivity index (χ2n) is 8.81.